The summed E-state index contributed by atoms with van der Waals surface area (Å²) in [6.07, 6.45) is 4.00. The molecule has 0 aliphatic rings. The molecule has 10 heteroatoms. The van der Waals surface area contributed by atoms with Crippen LogP contribution in [0.15, 0.2) is 65.7 Å². The summed E-state index contributed by atoms with van der Waals surface area (Å²) in [7, 11) is 1.53. The first-order chi connectivity index (χ1) is 15.5. The van der Waals surface area contributed by atoms with E-state index in [0.29, 0.717) is 38.3 Å². The summed E-state index contributed by atoms with van der Waals surface area (Å²) >= 11 is 7.14. The number of halogens is 1. The van der Waals surface area contributed by atoms with Gasteiger partial charge in [-0.2, -0.15) is 0 Å². The van der Waals surface area contributed by atoms with Crippen molar-refractivity contribution in [2.75, 3.05) is 7.05 Å². The summed E-state index contributed by atoms with van der Waals surface area (Å²) < 4.78 is 3.51. The first-order valence-electron chi connectivity index (χ1n) is 9.70. The molecular weight excluding hydrogens is 450 g/mol. The van der Waals surface area contributed by atoms with Crippen molar-refractivity contribution in [1.82, 2.24) is 24.9 Å². The molecular formula is C22H18ClN5O3S. The van der Waals surface area contributed by atoms with Crippen LogP contribution in [0, 0.1) is 0 Å². The van der Waals surface area contributed by atoms with E-state index in [0.717, 1.165) is 0 Å². The van der Waals surface area contributed by atoms with Gasteiger partial charge in [-0.15, -0.1) is 16.4 Å². The molecule has 8 nitrogen and oxygen atoms in total. The molecule has 0 unspecified atom stereocenters. The van der Waals surface area contributed by atoms with Crippen molar-refractivity contribution in [3.05, 3.63) is 91.7 Å². The van der Waals surface area contributed by atoms with Crippen LogP contribution >= 0.6 is 22.9 Å². The second-order valence-corrected chi connectivity index (χ2v) is 8.59. The number of rotatable bonds is 7. The van der Waals surface area contributed by atoms with Crippen LogP contribution in [0.25, 0.3) is 11.4 Å². The van der Waals surface area contributed by atoms with Crippen LogP contribution in [0.5, 0.6) is 0 Å². The van der Waals surface area contributed by atoms with Gasteiger partial charge in [-0.25, -0.2) is 4.68 Å². The van der Waals surface area contributed by atoms with Crippen molar-refractivity contribution in [1.29, 1.82) is 0 Å². The molecule has 4 aromatic rings. The van der Waals surface area contributed by atoms with Crippen molar-refractivity contribution < 1.29 is 9.59 Å². The largest absolute Gasteiger partial charge is 0.355 e. The fourth-order valence-corrected chi connectivity index (χ4v) is 4.20. The van der Waals surface area contributed by atoms with Crippen molar-refractivity contribution in [2.45, 2.75) is 12.8 Å². The molecule has 0 saturated carbocycles. The van der Waals surface area contributed by atoms with E-state index in [-0.39, 0.29) is 23.7 Å². The first kappa shape index (κ1) is 21.7. The highest BCUT2D eigenvalue weighted by atomic mass is 35.5. The number of Topliss-reactive ketones (excluding diaryl/α,β-unsaturated/α-hetero) is 1. The number of hydrogen-bond donors (Lipinski definition) is 1. The number of nitrogens with zero attached hydrogens (tertiary/aromatic N) is 4. The smallest absolute Gasteiger partial charge is 0.255 e. The Balaban J connectivity index is 1.60. The van der Waals surface area contributed by atoms with E-state index in [2.05, 4.69) is 15.6 Å². The second-order valence-electron chi connectivity index (χ2n) is 6.87. The summed E-state index contributed by atoms with van der Waals surface area (Å²) in [4.78, 5) is 37.6. The molecule has 0 fully saturated rings. The Labute approximate surface area is 192 Å². The normalized spacial score (nSPS) is 10.8. The predicted molar refractivity (Wildman–Crippen MR) is 122 cm³/mol. The van der Waals surface area contributed by atoms with Crippen LogP contribution in [0.2, 0.25) is 4.34 Å². The third-order valence-corrected chi connectivity index (χ3v) is 6.07. The lowest BCUT2D eigenvalue weighted by atomic mass is 10.1. The van der Waals surface area contributed by atoms with E-state index in [1.165, 1.54) is 33.7 Å². The highest BCUT2D eigenvalue weighted by Crippen LogP contribution is 2.23. The van der Waals surface area contributed by atoms with Crippen molar-refractivity contribution in [2.24, 2.45) is 0 Å². The van der Waals surface area contributed by atoms with Gasteiger partial charge in [-0.1, -0.05) is 22.9 Å². The molecule has 0 atom stereocenters. The van der Waals surface area contributed by atoms with E-state index >= 15 is 0 Å². The lowest BCUT2D eigenvalue weighted by Gasteiger charge is -2.11. The third-order valence-electron chi connectivity index (χ3n) is 4.80. The Bertz CT molecular complexity index is 1360. The lowest BCUT2D eigenvalue weighted by Crippen LogP contribution is -2.22. The molecule has 3 aromatic heterocycles. The number of carbonyl (C=O) groups is 2. The Morgan fingerprint density at radius 2 is 2.00 bits per heavy atom. The van der Waals surface area contributed by atoms with Crippen molar-refractivity contribution in [3.63, 3.8) is 0 Å². The molecule has 0 aliphatic heterocycles. The van der Waals surface area contributed by atoms with E-state index in [4.69, 9.17) is 11.6 Å². The van der Waals surface area contributed by atoms with Gasteiger partial charge in [0.25, 0.3) is 11.5 Å². The number of benzene rings is 1. The fourth-order valence-electron chi connectivity index (χ4n) is 3.19. The van der Waals surface area contributed by atoms with Gasteiger partial charge < -0.3 is 5.32 Å². The molecule has 1 amide bonds. The molecule has 3 heterocycles. The fraction of sp³-hybridized carbons (Fsp3) is 0.136. The molecule has 4 rings (SSSR count). The maximum atomic E-state index is 12.5. The van der Waals surface area contributed by atoms with Gasteiger partial charge in [0.05, 0.1) is 32.4 Å². The Kier molecular flexibility index (Phi) is 6.29. The summed E-state index contributed by atoms with van der Waals surface area (Å²) in [5.41, 5.74) is 1.81. The number of hydrogen-bond acceptors (Lipinski definition) is 6. The minimum absolute atomic E-state index is 0.0137. The Morgan fingerprint density at radius 3 is 2.72 bits per heavy atom. The van der Waals surface area contributed by atoms with Crippen LogP contribution in [0.4, 0.5) is 0 Å². The number of carbonyl (C=O) groups excluding carboxylic acids is 2. The van der Waals surface area contributed by atoms with E-state index in [9.17, 15) is 14.4 Å². The van der Waals surface area contributed by atoms with Crippen molar-refractivity contribution >= 4 is 34.6 Å². The molecule has 0 aliphatic carbocycles. The van der Waals surface area contributed by atoms with Crippen LogP contribution in [-0.2, 0) is 6.42 Å². The highest BCUT2D eigenvalue weighted by Gasteiger charge is 2.16. The van der Waals surface area contributed by atoms with Gasteiger partial charge in [0.1, 0.15) is 0 Å². The molecule has 0 saturated heterocycles. The van der Waals surface area contributed by atoms with Crippen molar-refractivity contribution in [3.8, 4) is 11.4 Å². The number of pyridine rings is 1. The standard InChI is InChI=1S/C22H18ClN5O3S/c1-24-22(31)16-12-15(27-11-3-2-4-21(27)30)6-7-17(16)28-13-14(25-26-28)5-8-18(29)19-9-10-20(23)32-19/h2-4,6-7,9-13H,5,8H2,1H3,(H,24,31). The number of aromatic nitrogens is 4. The Morgan fingerprint density at radius 1 is 1.16 bits per heavy atom. The molecule has 0 bridgehead atoms. The maximum Gasteiger partial charge on any atom is 0.255 e. The topological polar surface area (TPSA) is 98.9 Å². The van der Waals surface area contributed by atoms with Gasteiger partial charge in [0.2, 0.25) is 0 Å². The summed E-state index contributed by atoms with van der Waals surface area (Å²) in [5, 5.41) is 10.9. The Hall–Kier alpha value is -3.56. The number of nitrogens with one attached hydrogen (secondary N) is 1. The minimum atomic E-state index is -0.326. The monoisotopic (exact) mass is 467 g/mol. The van der Waals surface area contributed by atoms with E-state index in [1.54, 1.807) is 54.9 Å². The quantitative estimate of drug-likeness (QED) is 0.420. The first-order valence-corrected chi connectivity index (χ1v) is 10.9. The second kappa shape index (κ2) is 9.29. The van der Waals surface area contributed by atoms with Crippen LogP contribution < -0.4 is 10.9 Å². The number of ketones is 1. The number of thiophene rings is 1. The number of aryl methyl sites for hydroxylation is 1. The zero-order valence-corrected chi connectivity index (χ0v) is 18.6. The molecule has 162 valence electrons. The van der Waals surface area contributed by atoms with Gasteiger partial charge in [0, 0.05) is 37.8 Å². The molecule has 1 N–H and O–H groups in total. The van der Waals surface area contributed by atoms with Gasteiger partial charge in [-0.3, -0.25) is 19.0 Å². The minimum Gasteiger partial charge on any atom is -0.355 e. The molecule has 1 aromatic carbocycles. The average molecular weight is 468 g/mol. The summed E-state index contributed by atoms with van der Waals surface area (Å²) in [6, 6.07) is 13.3. The summed E-state index contributed by atoms with van der Waals surface area (Å²) in [5.74, 6) is -0.340. The predicted octanol–water partition coefficient (Wildman–Crippen LogP) is 3.31. The third kappa shape index (κ3) is 4.53. The lowest BCUT2D eigenvalue weighted by molar-refractivity contribution is 0.0960. The van der Waals surface area contributed by atoms with Gasteiger partial charge >= 0.3 is 0 Å². The molecule has 0 spiro atoms. The average Bonchev–Trinajstić information content (AvgIpc) is 3.46. The van der Waals surface area contributed by atoms with Crippen LogP contribution in [0.1, 0.15) is 32.1 Å². The zero-order valence-electron chi connectivity index (χ0n) is 17.0. The zero-order chi connectivity index (χ0) is 22.7. The maximum absolute atomic E-state index is 12.5. The van der Waals surface area contributed by atoms with Gasteiger partial charge in [-0.05, 0) is 36.4 Å². The molecule has 32 heavy (non-hydrogen) atoms. The number of amides is 1. The van der Waals surface area contributed by atoms with Gasteiger partial charge in [0.15, 0.2) is 5.78 Å². The molecule has 0 radical (unpaired) electrons. The van der Waals surface area contributed by atoms with Crippen LogP contribution in [-0.4, -0.2) is 38.3 Å². The van der Waals surface area contributed by atoms with E-state index < -0.39 is 0 Å². The highest BCUT2D eigenvalue weighted by molar-refractivity contribution is 7.18. The SMILES string of the molecule is CNC(=O)c1cc(-n2ccccc2=O)ccc1-n1cc(CCC(=O)c2ccc(Cl)s2)nn1. The summed E-state index contributed by atoms with van der Waals surface area (Å²) in [6.45, 7) is 0. The van der Waals surface area contributed by atoms with E-state index in [1.807, 2.05) is 0 Å². The van der Waals surface area contributed by atoms with Crippen LogP contribution in [0.3, 0.4) is 0 Å².